The maximum Gasteiger partial charge on any atom is 0.0921 e. The summed E-state index contributed by atoms with van der Waals surface area (Å²) >= 11 is 0. The number of terminal acetylenes is 1. The zero-order valence-corrected chi connectivity index (χ0v) is 5.54. The molecule has 2 rings (SSSR count). The molecule has 1 saturated carbocycles. The topological polar surface area (TPSA) is 28.7 Å². The van der Waals surface area contributed by atoms with Crippen LogP contribution in [-0.4, -0.2) is 9.97 Å². The maximum absolute atomic E-state index is 5.25. The number of hydrogen-bond acceptors (Lipinski definition) is 1. The van der Waals surface area contributed by atoms with Crippen LogP contribution in [0.4, 0.5) is 0 Å². The van der Waals surface area contributed by atoms with Crippen molar-refractivity contribution in [1.29, 1.82) is 0 Å². The van der Waals surface area contributed by atoms with Crippen LogP contribution in [0.2, 0.25) is 0 Å². The SMILES string of the molecule is C#C[C@@H]1C[C@H]1c1cnc[nH]1. The summed E-state index contributed by atoms with van der Waals surface area (Å²) in [5.41, 5.74) is 1.18. The van der Waals surface area contributed by atoms with Gasteiger partial charge in [0, 0.05) is 23.7 Å². The number of imidazole rings is 1. The number of aromatic nitrogens is 2. The van der Waals surface area contributed by atoms with Crippen molar-refractivity contribution in [2.75, 3.05) is 0 Å². The van der Waals surface area contributed by atoms with E-state index >= 15 is 0 Å². The fraction of sp³-hybridized carbons (Fsp3) is 0.375. The minimum Gasteiger partial charge on any atom is -0.348 e. The minimum absolute atomic E-state index is 0.459. The van der Waals surface area contributed by atoms with E-state index in [9.17, 15) is 0 Å². The standard InChI is InChI=1S/C8H8N2/c1-2-6-3-7(6)8-4-9-5-10-8/h1,4-7H,3H2,(H,9,10)/t6-,7-/m1/s1. The number of H-pyrrole nitrogens is 1. The van der Waals surface area contributed by atoms with Crippen LogP contribution >= 0.6 is 0 Å². The van der Waals surface area contributed by atoms with E-state index in [0.717, 1.165) is 6.42 Å². The lowest BCUT2D eigenvalue weighted by molar-refractivity contribution is 0.991. The molecule has 0 aromatic carbocycles. The van der Waals surface area contributed by atoms with Gasteiger partial charge in [-0.3, -0.25) is 0 Å². The number of hydrogen-bond donors (Lipinski definition) is 1. The Morgan fingerprint density at radius 2 is 2.70 bits per heavy atom. The molecule has 0 radical (unpaired) electrons. The van der Waals surface area contributed by atoms with Gasteiger partial charge in [-0.25, -0.2) is 4.98 Å². The molecule has 1 aromatic heterocycles. The Morgan fingerprint density at radius 1 is 1.80 bits per heavy atom. The smallest absolute Gasteiger partial charge is 0.0921 e. The highest BCUT2D eigenvalue weighted by atomic mass is 14.9. The molecular formula is C8H8N2. The first-order valence-electron chi connectivity index (χ1n) is 3.36. The van der Waals surface area contributed by atoms with Crippen molar-refractivity contribution in [3.05, 3.63) is 18.2 Å². The third-order valence-corrected chi connectivity index (χ3v) is 1.92. The van der Waals surface area contributed by atoms with E-state index in [0.29, 0.717) is 11.8 Å². The summed E-state index contributed by atoms with van der Waals surface area (Å²) in [6, 6.07) is 0. The first-order valence-corrected chi connectivity index (χ1v) is 3.36. The molecule has 1 aromatic rings. The summed E-state index contributed by atoms with van der Waals surface area (Å²) < 4.78 is 0. The zero-order valence-electron chi connectivity index (χ0n) is 5.54. The third-order valence-electron chi connectivity index (χ3n) is 1.92. The highest BCUT2D eigenvalue weighted by Gasteiger charge is 2.37. The van der Waals surface area contributed by atoms with Crippen LogP contribution in [0.3, 0.4) is 0 Å². The average Bonchev–Trinajstić information content (AvgIpc) is 2.56. The van der Waals surface area contributed by atoms with Gasteiger partial charge in [-0.05, 0) is 6.42 Å². The van der Waals surface area contributed by atoms with Gasteiger partial charge >= 0.3 is 0 Å². The van der Waals surface area contributed by atoms with Crippen molar-refractivity contribution in [3.8, 4) is 12.3 Å². The Kier molecular flexibility index (Phi) is 1.04. The third kappa shape index (κ3) is 0.714. The molecule has 1 aliphatic rings. The Labute approximate surface area is 59.7 Å². The van der Waals surface area contributed by atoms with Gasteiger partial charge in [-0.1, -0.05) is 0 Å². The van der Waals surface area contributed by atoms with Gasteiger partial charge in [-0.15, -0.1) is 12.3 Å². The van der Waals surface area contributed by atoms with Crippen LogP contribution < -0.4 is 0 Å². The van der Waals surface area contributed by atoms with E-state index in [2.05, 4.69) is 15.9 Å². The lowest BCUT2D eigenvalue weighted by atomic mass is 10.2. The molecular weight excluding hydrogens is 124 g/mol. The van der Waals surface area contributed by atoms with Crippen molar-refractivity contribution in [2.45, 2.75) is 12.3 Å². The lowest BCUT2D eigenvalue weighted by Gasteiger charge is -1.86. The van der Waals surface area contributed by atoms with Gasteiger partial charge < -0.3 is 4.98 Å². The second-order valence-electron chi connectivity index (χ2n) is 2.62. The summed E-state index contributed by atoms with van der Waals surface area (Å²) in [5.74, 6) is 3.75. The maximum atomic E-state index is 5.25. The molecule has 0 spiro atoms. The Bertz CT molecular complexity index is 255. The number of nitrogens with one attached hydrogen (secondary N) is 1. The van der Waals surface area contributed by atoms with Crippen LogP contribution in [0.5, 0.6) is 0 Å². The zero-order chi connectivity index (χ0) is 6.97. The highest BCUT2D eigenvalue weighted by Crippen LogP contribution is 2.45. The second kappa shape index (κ2) is 1.88. The Morgan fingerprint density at radius 3 is 3.20 bits per heavy atom. The summed E-state index contributed by atoms with van der Waals surface area (Å²) in [4.78, 5) is 6.98. The molecule has 0 unspecified atom stereocenters. The van der Waals surface area contributed by atoms with Crippen LogP contribution in [0.25, 0.3) is 0 Å². The fourth-order valence-corrected chi connectivity index (χ4v) is 1.19. The largest absolute Gasteiger partial charge is 0.348 e. The van der Waals surface area contributed by atoms with Crippen molar-refractivity contribution >= 4 is 0 Å². The van der Waals surface area contributed by atoms with Gasteiger partial charge in [0.05, 0.1) is 6.33 Å². The van der Waals surface area contributed by atoms with Crippen LogP contribution in [0.15, 0.2) is 12.5 Å². The van der Waals surface area contributed by atoms with Crippen molar-refractivity contribution < 1.29 is 0 Å². The van der Waals surface area contributed by atoms with Gasteiger partial charge in [-0.2, -0.15) is 0 Å². The summed E-state index contributed by atoms with van der Waals surface area (Å²) in [6.45, 7) is 0. The molecule has 2 heteroatoms. The highest BCUT2D eigenvalue weighted by molar-refractivity contribution is 5.22. The van der Waals surface area contributed by atoms with Crippen LogP contribution in [-0.2, 0) is 0 Å². The molecule has 1 heterocycles. The Balaban J connectivity index is 2.13. The predicted octanol–water partition coefficient (Wildman–Crippen LogP) is 1.15. The van der Waals surface area contributed by atoms with E-state index in [-0.39, 0.29) is 0 Å². The quantitative estimate of drug-likeness (QED) is 0.570. The first-order chi connectivity index (χ1) is 4.92. The molecule has 50 valence electrons. The fourth-order valence-electron chi connectivity index (χ4n) is 1.19. The lowest BCUT2D eigenvalue weighted by Crippen LogP contribution is -1.79. The van der Waals surface area contributed by atoms with Crippen LogP contribution in [0, 0.1) is 18.3 Å². The first kappa shape index (κ1) is 5.55. The average molecular weight is 132 g/mol. The van der Waals surface area contributed by atoms with Gasteiger partial charge in [0.15, 0.2) is 0 Å². The molecule has 0 aliphatic heterocycles. The van der Waals surface area contributed by atoms with Gasteiger partial charge in [0.1, 0.15) is 0 Å². The molecule has 0 bridgehead atoms. The molecule has 1 aliphatic carbocycles. The number of aromatic amines is 1. The molecule has 0 amide bonds. The van der Waals surface area contributed by atoms with Crippen molar-refractivity contribution in [2.24, 2.45) is 5.92 Å². The summed E-state index contributed by atoms with van der Waals surface area (Å²) in [5, 5.41) is 0. The van der Waals surface area contributed by atoms with E-state index in [1.807, 2.05) is 6.20 Å². The van der Waals surface area contributed by atoms with E-state index < -0.39 is 0 Å². The van der Waals surface area contributed by atoms with Gasteiger partial charge in [0.25, 0.3) is 0 Å². The van der Waals surface area contributed by atoms with E-state index in [4.69, 9.17) is 6.42 Å². The van der Waals surface area contributed by atoms with E-state index in [1.54, 1.807) is 6.33 Å². The van der Waals surface area contributed by atoms with Crippen molar-refractivity contribution in [3.63, 3.8) is 0 Å². The summed E-state index contributed by atoms with van der Waals surface area (Å²) in [6.07, 6.45) is 9.91. The van der Waals surface area contributed by atoms with E-state index in [1.165, 1.54) is 5.69 Å². The molecule has 10 heavy (non-hydrogen) atoms. The van der Waals surface area contributed by atoms with Crippen LogP contribution in [0.1, 0.15) is 18.0 Å². The molecule has 1 N–H and O–H groups in total. The molecule has 1 fully saturated rings. The van der Waals surface area contributed by atoms with Crippen molar-refractivity contribution in [1.82, 2.24) is 9.97 Å². The second-order valence-corrected chi connectivity index (χ2v) is 2.62. The van der Waals surface area contributed by atoms with Gasteiger partial charge in [0.2, 0.25) is 0 Å². The molecule has 2 atom stereocenters. The number of nitrogens with zero attached hydrogens (tertiary/aromatic N) is 1. The molecule has 0 saturated heterocycles. The predicted molar refractivity (Wildman–Crippen MR) is 38.3 cm³/mol. The normalized spacial score (nSPS) is 29.5. The monoisotopic (exact) mass is 132 g/mol. The minimum atomic E-state index is 0.459. The Hall–Kier alpha value is -1.23. The number of rotatable bonds is 1. The summed E-state index contributed by atoms with van der Waals surface area (Å²) in [7, 11) is 0. The molecule has 2 nitrogen and oxygen atoms in total.